The summed E-state index contributed by atoms with van der Waals surface area (Å²) in [5.41, 5.74) is 0.753. The lowest BCUT2D eigenvalue weighted by Gasteiger charge is -2.27. The molecule has 14 heavy (non-hydrogen) atoms. The summed E-state index contributed by atoms with van der Waals surface area (Å²) in [6.07, 6.45) is 0.878. The first-order valence-electron chi connectivity index (χ1n) is 5.01. The highest BCUT2D eigenvalue weighted by Crippen LogP contribution is 2.12. The molecule has 0 aliphatic carbocycles. The molecule has 0 bridgehead atoms. The molecule has 2 aliphatic heterocycles. The molecule has 80 valence electrons. The van der Waals surface area contributed by atoms with Gasteiger partial charge < -0.3 is 14.7 Å². The highest BCUT2D eigenvalue weighted by atomic mass is 16.6. The van der Waals surface area contributed by atoms with Gasteiger partial charge in [-0.1, -0.05) is 5.16 Å². The van der Waals surface area contributed by atoms with Crippen molar-refractivity contribution in [2.24, 2.45) is 5.16 Å². The van der Waals surface area contributed by atoms with E-state index in [-0.39, 0.29) is 12.7 Å². The van der Waals surface area contributed by atoms with Gasteiger partial charge >= 0.3 is 0 Å². The highest BCUT2D eigenvalue weighted by molar-refractivity contribution is 5.86. The zero-order chi connectivity index (χ0) is 9.80. The third-order valence-corrected chi connectivity index (χ3v) is 2.54. The van der Waals surface area contributed by atoms with Gasteiger partial charge in [-0.3, -0.25) is 4.90 Å². The maximum atomic E-state index is 8.85. The molecule has 5 nitrogen and oxygen atoms in total. The van der Waals surface area contributed by atoms with E-state index in [2.05, 4.69) is 10.1 Å². The third-order valence-electron chi connectivity index (χ3n) is 2.54. The van der Waals surface area contributed by atoms with Crippen LogP contribution in [-0.4, -0.2) is 61.3 Å². The van der Waals surface area contributed by atoms with Crippen LogP contribution in [0.25, 0.3) is 0 Å². The Morgan fingerprint density at radius 1 is 1.43 bits per heavy atom. The number of rotatable bonds is 3. The summed E-state index contributed by atoms with van der Waals surface area (Å²) < 4.78 is 5.26. The molecule has 0 radical (unpaired) electrons. The maximum absolute atomic E-state index is 8.85. The van der Waals surface area contributed by atoms with Gasteiger partial charge in [0.2, 0.25) is 0 Å². The summed E-state index contributed by atoms with van der Waals surface area (Å²) in [5, 5.41) is 12.7. The number of aliphatic hydroxyl groups excluding tert-OH is 1. The topological polar surface area (TPSA) is 54.3 Å². The Kier molecular flexibility index (Phi) is 3.34. The van der Waals surface area contributed by atoms with Gasteiger partial charge in [-0.2, -0.15) is 0 Å². The van der Waals surface area contributed by atoms with Crippen molar-refractivity contribution in [2.75, 3.05) is 39.5 Å². The van der Waals surface area contributed by atoms with Crippen LogP contribution in [0.2, 0.25) is 0 Å². The van der Waals surface area contributed by atoms with E-state index < -0.39 is 0 Å². The zero-order valence-corrected chi connectivity index (χ0v) is 8.19. The van der Waals surface area contributed by atoms with Crippen LogP contribution in [0.15, 0.2) is 5.16 Å². The lowest BCUT2D eigenvalue weighted by Crippen LogP contribution is -2.41. The van der Waals surface area contributed by atoms with E-state index in [0.717, 1.165) is 45.0 Å². The largest absolute Gasteiger partial charge is 0.391 e. The van der Waals surface area contributed by atoms with Crippen molar-refractivity contribution in [2.45, 2.75) is 12.5 Å². The number of ether oxygens (including phenoxy) is 1. The fourth-order valence-corrected chi connectivity index (χ4v) is 1.75. The van der Waals surface area contributed by atoms with Gasteiger partial charge in [0.15, 0.2) is 0 Å². The molecule has 1 atom stereocenters. The second-order valence-electron chi connectivity index (χ2n) is 3.66. The molecule has 0 saturated carbocycles. The molecular weight excluding hydrogens is 184 g/mol. The molecule has 0 aromatic rings. The van der Waals surface area contributed by atoms with Crippen LogP contribution in [-0.2, 0) is 9.57 Å². The summed E-state index contributed by atoms with van der Waals surface area (Å²) >= 11 is 0. The Hall–Kier alpha value is -0.650. The van der Waals surface area contributed by atoms with Gasteiger partial charge in [0.05, 0.1) is 25.5 Å². The second kappa shape index (κ2) is 4.72. The second-order valence-corrected chi connectivity index (χ2v) is 3.66. The molecule has 1 saturated heterocycles. The first kappa shape index (κ1) is 9.89. The lowest BCUT2D eigenvalue weighted by molar-refractivity contribution is -0.0000400. The monoisotopic (exact) mass is 200 g/mol. The summed E-state index contributed by atoms with van der Waals surface area (Å²) in [5.74, 6) is 0. The third kappa shape index (κ3) is 2.43. The minimum absolute atomic E-state index is 0.0135. The van der Waals surface area contributed by atoms with Crippen LogP contribution in [0, 0.1) is 0 Å². The average molecular weight is 200 g/mol. The Labute approximate surface area is 83.3 Å². The van der Waals surface area contributed by atoms with Crippen molar-refractivity contribution < 1.29 is 14.7 Å². The summed E-state index contributed by atoms with van der Waals surface area (Å²) in [7, 11) is 0. The SMILES string of the molecule is OCC1=NOC(CN2CCOCC2)C1. The summed E-state index contributed by atoms with van der Waals surface area (Å²) in [4.78, 5) is 7.51. The van der Waals surface area contributed by atoms with Gasteiger partial charge in [-0.25, -0.2) is 0 Å². The van der Waals surface area contributed by atoms with E-state index in [9.17, 15) is 0 Å². The minimum atomic E-state index is 0.0135. The Bertz CT molecular complexity index is 214. The fourth-order valence-electron chi connectivity index (χ4n) is 1.75. The number of aliphatic hydroxyl groups is 1. The van der Waals surface area contributed by atoms with E-state index in [1.165, 1.54) is 0 Å². The van der Waals surface area contributed by atoms with Crippen molar-refractivity contribution in [1.82, 2.24) is 4.90 Å². The quantitative estimate of drug-likeness (QED) is 0.664. The highest BCUT2D eigenvalue weighted by Gasteiger charge is 2.23. The van der Waals surface area contributed by atoms with Gasteiger partial charge in [-0.05, 0) is 0 Å². The van der Waals surface area contributed by atoms with E-state index in [1.54, 1.807) is 0 Å². The normalized spacial score (nSPS) is 28.6. The van der Waals surface area contributed by atoms with E-state index >= 15 is 0 Å². The van der Waals surface area contributed by atoms with Crippen molar-refractivity contribution >= 4 is 5.71 Å². The van der Waals surface area contributed by atoms with Gasteiger partial charge in [0.25, 0.3) is 0 Å². The van der Waals surface area contributed by atoms with E-state index in [0.29, 0.717) is 0 Å². The average Bonchev–Trinajstić information content (AvgIpc) is 2.67. The molecule has 1 unspecified atom stereocenters. The predicted octanol–water partition coefficient (Wildman–Crippen LogP) is -0.544. The van der Waals surface area contributed by atoms with Gasteiger partial charge in [0.1, 0.15) is 6.10 Å². The minimum Gasteiger partial charge on any atom is -0.391 e. The maximum Gasteiger partial charge on any atom is 0.145 e. The van der Waals surface area contributed by atoms with Gasteiger partial charge in [0, 0.05) is 26.1 Å². The molecule has 2 heterocycles. The number of morpholine rings is 1. The van der Waals surface area contributed by atoms with Crippen LogP contribution >= 0.6 is 0 Å². The van der Waals surface area contributed by atoms with E-state index in [4.69, 9.17) is 14.7 Å². The molecule has 0 aromatic heterocycles. The molecule has 0 aromatic carbocycles. The summed E-state index contributed by atoms with van der Waals surface area (Å²) in [6, 6.07) is 0. The molecule has 0 amide bonds. The molecule has 0 spiro atoms. The molecule has 1 N–H and O–H groups in total. The predicted molar refractivity (Wildman–Crippen MR) is 51.3 cm³/mol. The first-order valence-corrected chi connectivity index (χ1v) is 5.01. The van der Waals surface area contributed by atoms with Gasteiger partial charge in [-0.15, -0.1) is 0 Å². The molecule has 1 fully saturated rings. The van der Waals surface area contributed by atoms with Crippen molar-refractivity contribution in [3.05, 3.63) is 0 Å². The Morgan fingerprint density at radius 2 is 2.21 bits per heavy atom. The van der Waals surface area contributed by atoms with Crippen LogP contribution in [0.5, 0.6) is 0 Å². The molecule has 2 rings (SSSR count). The summed E-state index contributed by atoms with van der Waals surface area (Å²) in [6.45, 7) is 4.44. The number of hydrogen-bond donors (Lipinski definition) is 1. The number of hydrogen-bond acceptors (Lipinski definition) is 5. The first-order chi connectivity index (χ1) is 6.88. The van der Waals surface area contributed by atoms with Crippen LogP contribution in [0.3, 0.4) is 0 Å². The smallest absolute Gasteiger partial charge is 0.145 e. The zero-order valence-electron chi connectivity index (χ0n) is 8.19. The van der Waals surface area contributed by atoms with Crippen molar-refractivity contribution in [3.63, 3.8) is 0 Å². The fraction of sp³-hybridized carbons (Fsp3) is 0.889. The van der Waals surface area contributed by atoms with Crippen LogP contribution in [0.4, 0.5) is 0 Å². The number of oxime groups is 1. The number of nitrogens with zero attached hydrogens (tertiary/aromatic N) is 2. The standard InChI is InChI=1S/C9H16N2O3/c12-7-8-5-9(14-10-8)6-11-1-3-13-4-2-11/h9,12H,1-7H2. The van der Waals surface area contributed by atoms with E-state index in [1.807, 2.05) is 0 Å². The Balaban J connectivity index is 1.71. The van der Waals surface area contributed by atoms with Crippen molar-refractivity contribution in [1.29, 1.82) is 0 Å². The lowest BCUT2D eigenvalue weighted by atomic mass is 10.2. The van der Waals surface area contributed by atoms with Crippen molar-refractivity contribution in [3.8, 4) is 0 Å². The van der Waals surface area contributed by atoms with Crippen LogP contribution in [0.1, 0.15) is 6.42 Å². The molecular formula is C9H16N2O3. The Morgan fingerprint density at radius 3 is 2.86 bits per heavy atom. The molecule has 5 heteroatoms. The molecule has 2 aliphatic rings. The van der Waals surface area contributed by atoms with Crippen LogP contribution < -0.4 is 0 Å².